The second kappa shape index (κ2) is 6.50. The van der Waals surface area contributed by atoms with E-state index < -0.39 is 6.10 Å². The van der Waals surface area contributed by atoms with Crippen molar-refractivity contribution >= 4 is 31.9 Å². The van der Waals surface area contributed by atoms with E-state index in [1.54, 1.807) is 19.3 Å². The zero-order valence-corrected chi connectivity index (χ0v) is 13.5. The van der Waals surface area contributed by atoms with Crippen molar-refractivity contribution < 1.29 is 9.84 Å². The summed E-state index contributed by atoms with van der Waals surface area (Å²) in [6, 6.07) is 7.54. The molecule has 0 aliphatic rings. The first-order valence-corrected chi connectivity index (χ1v) is 7.34. The quantitative estimate of drug-likeness (QED) is 0.854. The highest BCUT2D eigenvalue weighted by Crippen LogP contribution is 2.29. The highest BCUT2D eigenvalue weighted by Gasteiger charge is 2.10. The first-order valence-electron chi connectivity index (χ1n) is 5.76. The van der Waals surface area contributed by atoms with Gasteiger partial charge in [0.25, 0.3) is 0 Å². The number of aliphatic hydroxyl groups excluding tert-OH is 1. The Hall–Kier alpha value is -0.910. The number of ether oxygens (including phenoxy) is 1. The van der Waals surface area contributed by atoms with Crippen molar-refractivity contribution in [2.24, 2.45) is 0 Å². The molecule has 2 rings (SSSR count). The molecular weight excluding hydrogens is 374 g/mol. The van der Waals surface area contributed by atoms with Gasteiger partial charge < -0.3 is 9.84 Å². The maximum absolute atomic E-state index is 9.72. The third-order valence-corrected chi connectivity index (χ3v) is 3.51. The topological polar surface area (TPSA) is 42.4 Å². The second-order valence-corrected chi connectivity index (χ2v) is 5.99. The van der Waals surface area contributed by atoms with Crippen LogP contribution in [0.1, 0.15) is 24.2 Å². The molecule has 1 unspecified atom stereocenters. The maximum Gasteiger partial charge on any atom is 0.126 e. The molecule has 3 nitrogen and oxygen atoms in total. The Morgan fingerprint density at radius 2 is 2.00 bits per heavy atom. The Morgan fingerprint density at radius 1 is 1.21 bits per heavy atom. The van der Waals surface area contributed by atoms with E-state index in [1.807, 2.05) is 24.3 Å². The molecule has 0 bridgehead atoms. The number of pyridine rings is 1. The first kappa shape index (κ1) is 14.5. The standard InChI is InChI=1S/C14H13Br2NO2/c1-9(18)13-3-2-11(15)5-14(13)19-8-10-4-12(16)7-17-6-10/h2-7,9,18H,8H2,1H3. The predicted octanol–water partition coefficient (Wildman–Crippen LogP) is 4.24. The number of aliphatic hydroxyl groups is 1. The van der Waals surface area contributed by atoms with Crippen LogP contribution in [0.5, 0.6) is 5.75 Å². The summed E-state index contributed by atoms with van der Waals surface area (Å²) >= 11 is 6.77. The van der Waals surface area contributed by atoms with E-state index in [4.69, 9.17) is 4.74 Å². The van der Waals surface area contributed by atoms with Gasteiger partial charge in [-0.3, -0.25) is 4.98 Å². The summed E-state index contributed by atoms with van der Waals surface area (Å²) in [7, 11) is 0. The molecule has 1 heterocycles. The average Bonchev–Trinajstić information content (AvgIpc) is 2.36. The van der Waals surface area contributed by atoms with Crippen molar-refractivity contribution in [2.75, 3.05) is 0 Å². The molecule has 0 radical (unpaired) electrons. The largest absolute Gasteiger partial charge is 0.488 e. The molecule has 0 fully saturated rings. The third-order valence-electron chi connectivity index (χ3n) is 2.58. The normalized spacial score (nSPS) is 12.2. The number of hydrogen-bond acceptors (Lipinski definition) is 3. The minimum Gasteiger partial charge on any atom is -0.488 e. The molecule has 0 spiro atoms. The fraction of sp³-hybridized carbons (Fsp3) is 0.214. The zero-order valence-electron chi connectivity index (χ0n) is 10.3. The van der Waals surface area contributed by atoms with Crippen molar-refractivity contribution in [2.45, 2.75) is 19.6 Å². The van der Waals surface area contributed by atoms with Crippen LogP contribution >= 0.6 is 31.9 Å². The number of hydrogen-bond donors (Lipinski definition) is 1. The van der Waals surface area contributed by atoms with Crippen LogP contribution in [-0.2, 0) is 6.61 Å². The van der Waals surface area contributed by atoms with Crippen LogP contribution in [0.15, 0.2) is 45.6 Å². The SMILES string of the molecule is CC(O)c1ccc(Br)cc1OCc1cncc(Br)c1. The molecule has 0 aliphatic heterocycles. The van der Waals surface area contributed by atoms with Crippen molar-refractivity contribution in [1.29, 1.82) is 0 Å². The summed E-state index contributed by atoms with van der Waals surface area (Å²) in [5, 5.41) is 9.72. The highest BCUT2D eigenvalue weighted by atomic mass is 79.9. The Bertz CT molecular complexity index is 573. The molecule has 1 atom stereocenters. The van der Waals surface area contributed by atoms with Crippen molar-refractivity contribution in [3.8, 4) is 5.75 Å². The van der Waals surface area contributed by atoms with E-state index in [1.165, 1.54) is 0 Å². The monoisotopic (exact) mass is 385 g/mol. The zero-order chi connectivity index (χ0) is 13.8. The lowest BCUT2D eigenvalue weighted by atomic mass is 10.1. The lowest BCUT2D eigenvalue weighted by Gasteiger charge is -2.14. The van der Waals surface area contributed by atoms with Gasteiger partial charge >= 0.3 is 0 Å². The molecule has 19 heavy (non-hydrogen) atoms. The number of nitrogens with zero attached hydrogens (tertiary/aromatic N) is 1. The lowest BCUT2D eigenvalue weighted by Crippen LogP contribution is -2.01. The van der Waals surface area contributed by atoms with Gasteiger partial charge in [-0.15, -0.1) is 0 Å². The molecule has 2 aromatic rings. The molecule has 0 saturated heterocycles. The fourth-order valence-corrected chi connectivity index (χ4v) is 2.43. The van der Waals surface area contributed by atoms with Gasteiger partial charge in [-0.05, 0) is 41.1 Å². The third kappa shape index (κ3) is 4.03. The van der Waals surface area contributed by atoms with E-state index in [9.17, 15) is 5.11 Å². The number of rotatable bonds is 4. The molecular formula is C14H13Br2NO2. The van der Waals surface area contributed by atoms with E-state index in [0.717, 1.165) is 20.1 Å². The summed E-state index contributed by atoms with van der Waals surface area (Å²) in [5.74, 6) is 0.671. The Kier molecular flexibility index (Phi) is 4.96. The van der Waals surface area contributed by atoms with Crippen LogP contribution in [0.3, 0.4) is 0 Å². The van der Waals surface area contributed by atoms with Crippen LogP contribution < -0.4 is 4.74 Å². The van der Waals surface area contributed by atoms with Crippen LogP contribution in [0, 0.1) is 0 Å². The number of benzene rings is 1. The molecule has 1 N–H and O–H groups in total. The lowest BCUT2D eigenvalue weighted by molar-refractivity contribution is 0.190. The Morgan fingerprint density at radius 3 is 2.68 bits per heavy atom. The molecule has 5 heteroatoms. The molecule has 0 saturated carbocycles. The highest BCUT2D eigenvalue weighted by molar-refractivity contribution is 9.10. The predicted molar refractivity (Wildman–Crippen MR) is 81.0 cm³/mol. The van der Waals surface area contributed by atoms with Crippen LogP contribution in [0.4, 0.5) is 0 Å². The van der Waals surface area contributed by atoms with E-state index in [0.29, 0.717) is 12.4 Å². The molecule has 1 aromatic heterocycles. The average molecular weight is 387 g/mol. The molecule has 100 valence electrons. The number of aromatic nitrogens is 1. The van der Waals surface area contributed by atoms with Gasteiger partial charge in [0.15, 0.2) is 0 Å². The van der Waals surface area contributed by atoms with Gasteiger partial charge in [0.1, 0.15) is 12.4 Å². The van der Waals surface area contributed by atoms with Gasteiger partial charge in [0.05, 0.1) is 6.10 Å². The summed E-state index contributed by atoms with van der Waals surface area (Å²) in [5.41, 5.74) is 1.73. The molecule has 0 aliphatic carbocycles. The van der Waals surface area contributed by atoms with Gasteiger partial charge in [-0.1, -0.05) is 22.0 Å². The fourth-order valence-electron chi connectivity index (χ4n) is 1.67. The minimum atomic E-state index is -0.566. The van der Waals surface area contributed by atoms with Crippen molar-refractivity contribution in [1.82, 2.24) is 4.98 Å². The summed E-state index contributed by atoms with van der Waals surface area (Å²) in [6.07, 6.45) is 2.91. The van der Waals surface area contributed by atoms with Gasteiger partial charge in [0.2, 0.25) is 0 Å². The van der Waals surface area contributed by atoms with E-state index >= 15 is 0 Å². The van der Waals surface area contributed by atoms with Crippen molar-refractivity contribution in [3.05, 3.63) is 56.7 Å². The molecule has 1 aromatic carbocycles. The molecule has 0 amide bonds. The van der Waals surface area contributed by atoms with Gasteiger partial charge in [-0.25, -0.2) is 0 Å². The smallest absolute Gasteiger partial charge is 0.126 e. The Labute approximate surface area is 128 Å². The summed E-state index contributed by atoms with van der Waals surface area (Å²) in [6.45, 7) is 2.12. The summed E-state index contributed by atoms with van der Waals surface area (Å²) in [4.78, 5) is 4.09. The van der Waals surface area contributed by atoms with Gasteiger partial charge in [0, 0.05) is 32.5 Å². The van der Waals surface area contributed by atoms with E-state index in [-0.39, 0.29) is 0 Å². The second-order valence-electron chi connectivity index (χ2n) is 4.16. The number of halogens is 2. The Balaban J connectivity index is 2.17. The van der Waals surface area contributed by atoms with Crippen LogP contribution in [0.2, 0.25) is 0 Å². The summed E-state index contributed by atoms with van der Waals surface area (Å²) < 4.78 is 7.60. The van der Waals surface area contributed by atoms with Gasteiger partial charge in [-0.2, -0.15) is 0 Å². The minimum absolute atomic E-state index is 0.405. The first-order chi connectivity index (χ1) is 9.06. The van der Waals surface area contributed by atoms with Crippen LogP contribution in [0.25, 0.3) is 0 Å². The van der Waals surface area contributed by atoms with Crippen LogP contribution in [-0.4, -0.2) is 10.1 Å². The van der Waals surface area contributed by atoms with Crippen molar-refractivity contribution in [3.63, 3.8) is 0 Å². The maximum atomic E-state index is 9.72. The van der Waals surface area contributed by atoms with E-state index in [2.05, 4.69) is 36.8 Å².